The van der Waals surface area contributed by atoms with Crippen molar-refractivity contribution < 1.29 is 4.74 Å². The van der Waals surface area contributed by atoms with Crippen LogP contribution in [0, 0.1) is 6.92 Å². The highest BCUT2D eigenvalue weighted by atomic mass is 16.5. The van der Waals surface area contributed by atoms with Gasteiger partial charge in [0.1, 0.15) is 0 Å². The van der Waals surface area contributed by atoms with Crippen LogP contribution in [0.25, 0.3) is 0 Å². The van der Waals surface area contributed by atoms with E-state index in [4.69, 9.17) is 4.74 Å². The topological polar surface area (TPSA) is 41.5 Å². The van der Waals surface area contributed by atoms with E-state index >= 15 is 0 Å². The number of hydrogen-bond acceptors (Lipinski definition) is 5. The summed E-state index contributed by atoms with van der Waals surface area (Å²) in [5.74, 6) is 0. The summed E-state index contributed by atoms with van der Waals surface area (Å²) < 4.78 is 6.16. The number of piperazine rings is 1. The van der Waals surface area contributed by atoms with E-state index in [1.54, 1.807) is 0 Å². The average Bonchev–Trinajstić information content (AvgIpc) is 3.03. The smallest absolute Gasteiger partial charge is 0.0892 e. The molecule has 0 bridgehead atoms. The summed E-state index contributed by atoms with van der Waals surface area (Å²) in [4.78, 5) is 13.8. The number of hydrogen-bond donors (Lipinski definition) is 0. The Morgan fingerprint density at radius 3 is 2.84 bits per heavy atom. The molecule has 2 aliphatic heterocycles. The standard InChI is InChI=1S/C20H26N4O/c1-16-3-2-4-18(22-16)15-25-20-11-19-13-23(9-10-24(19)14-20)12-17-5-7-21-8-6-17/h2-8,19-20H,9-15H2,1H3. The molecule has 2 saturated heterocycles. The van der Waals surface area contributed by atoms with Gasteiger partial charge in [0.05, 0.1) is 18.4 Å². The monoisotopic (exact) mass is 338 g/mol. The van der Waals surface area contributed by atoms with Crippen molar-refractivity contribution in [2.75, 3.05) is 26.2 Å². The number of aryl methyl sites for hydroxylation is 1. The molecule has 132 valence electrons. The van der Waals surface area contributed by atoms with Gasteiger partial charge in [0.2, 0.25) is 0 Å². The van der Waals surface area contributed by atoms with Gasteiger partial charge in [0.25, 0.3) is 0 Å². The molecule has 2 aromatic rings. The van der Waals surface area contributed by atoms with Crippen LogP contribution in [0.1, 0.15) is 23.4 Å². The van der Waals surface area contributed by atoms with Crippen LogP contribution < -0.4 is 0 Å². The SMILES string of the molecule is Cc1cccc(COC2CC3CN(Cc4ccncc4)CCN3C2)n1. The fourth-order valence-electron chi connectivity index (χ4n) is 3.95. The first-order valence-corrected chi connectivity index (χ1v) is 9.16. The molecule has 0 spiro atoms. The van der Waals surface area contributed by atoms with Gasteiger partial charge in [-0.1, -0.05) is 6.07 Å². The van der Waals surface area contributed by atoms with Crippen molar-refractivity contribution in [3.63, 3.8) is 0 Å². The minimum absolute atomic E-state index is 0.327. The molecule has 0 saturated carbocycles. The summed E-state index contributed by atoms with van der Waals surface area (Å²) >= 11 is 0. The van der Waals surface area contributed by atoms with E-state index in [0.717, 1.165) is 50.5 Å². The zero-order valence-electron chi connectivity index (χ0n) is 14.8. The molecular formula is C20H26N4O. The molecule has 0 radical (unpaired) electrons. The van der Waals surface area contributed by atoms with Gasteiger partial charge in [0.15, 0.2) is 0 Å². The highest BCUT2D eigenvalue weighted by molar-refractivity contribution is 5.10. The second-order valence-electron chi connectivity index (χ2n) is 7.18. The lowest BCUT2D eigenvalue weighted by molar-refractivity contribution is 0.0439. The lowest BCUT2D eigenvalue weighted by Gasteiger charge is -2.37. The van der Waals surface area contributed by atoms with Gasteiger partial charge < -0.3 is 4.74 Å². The molecule has 0 aliphatic carbocycles. The molecule has 0 N–H and O–H groups in total. The van der Waals surface area contributed by atoms with Gasteiger partial charge in [-0.25, -0.2) is 0 Å². The van der Waals surface area contributed by atoms with Crippen molar-refractivity contribution in [3.8, 4) is 0 Å². The summed E-state index contributed by atoms with van der Waals surface area (Å²) in [7, 11) is 0. The Bertz CT molecular complexity index is 693. The van der Waals surface area contributed by atoms with Crippen LogP contribution >= 0.6 is 0 Å². The predicted molar refractivity (Wildman–Crippen MR) is 97.0 cm³/mol. The van der Waals surface area contributed by atoms with Crippen molar-refractivity contribution in [1.29, 1.82) is 0 Å². The second-order valence-corrected chi connectivity index (χ2v) is 7.18. The largest absolute Gasteiger partial charge is 0.371 e. The van der Waals surface area contributed by atoms with E-state index < -0.39 is 0 Å². The van der Waals surface area contributed by atoms with Crippen molar-refractivity contribution in [1.82, 2.24) is 19.8 Å². The molecule has 2 aliphatic rings. The maximum atomic E-state index is 6.16. The van der Waals surface area contributed by atoms with E-state index in [9.17, 15) is 0 Å². The zero-order valence-corrected chi connectivity index (χ0v) is 14.8. The number of nitrogens with zero attached hydrogens (tertiary/aromatic N) is 4. The molecular weight excluding hydrogens is 312 g/mol. The molecule has 4 heterocycles. The Morgan fingerprint density at radius 1 is 1.12 bits per heavy atom. The third-order valence-electron chi connectivity index (χ3n) is 5.23. The third-order valence-corrected chi connectivity index (χ3v) is 5.23. The Hall–Kier alpha value is -1.82. The van der Waals surface area contributed by atoms with Crippen LogP contribution in [0.3, 0.4) is 0 Å². The quantitative estimate of drug-likeness (QED) is 0.836. The summed E-state index contributed by atoms with van der Waals surface area (Å²) in [6, 6.07) is 11.0. The number of rotatable bonds is 5. The predicted octanol–water partition coefficient (Wildman–Crippen LogP) is 2.26. The van der Waals surface area contributed by atoms with Gasteiger partial charge in [-0.05, 0) is 43.2 Å². The molecule has 5 nitrogen and oxygen atoms in total. The molecule has 2 unspecified atom stereocenters. The van der Waals surface area contributed by atoms with Gasteiger partial charge >= 0.3 is 0 Å². The van der Waals surface area contributed by atoms with Crippen LogP contribution in [0.2, 0.25) is 0 Å². The minimum atomic E-state index is 0.327. The van der Waals surface area contributed by atoms with E-state index in [-0.39, 0.29) is 0 Å². The van der Waals surface area contributed by atoms with Gasteiger partial charge in [0, 0.05) is 56.9 Å². The van der Waals surface area contributed by atoms with Crippen molar-refractivity contribution >= 4 is 0 Å². The van der Waals surface area contributed by atoms with Crippen LogP contribution in [-0.4, -0.2) is 58.1 Å². The van der Waals surface area contributed by atoms with Crippen molar-refractivity contribution in [2.45, 2.75) is 38.6 Å². The molecule has 25 heavy (non-hydrogen) atoms. The highest BCUT2D eigenvalue weighted by Gasteiger charge is 2.36. The fraction of sp³-hybridized carbons (Fsp3) is 0.500. The number of aromatic nitrogens is 2. The normalized spacial score (nSPS) is 24.4. The zero-order chi connectivity index (χ0) is 17.1. The molecule has 2 aromatic heterocycles. The summed E-state index contributed by atoms with van der Waals surface area (Å²) in [5, 5.41) is 0. The van der Waals surface area contributed by atoms with Gasteiger partial charge in [-0.3, -0.25) is 19.8 Å². The highest BCUT2D eigenvalue weighted by Crippen LogP contribution is 2.25. The fourth-order valence-corrected chi connectivity index (χ4v) is 3.95. The lowest BCUT2D eigenvalue weighted by Crippen LogP contribution is -2.49. The summed E-state index contributed by atoms with van der Waals surface area (Å²) in [6.45, 7) is 8.11. The van der Waals surface area contributed by atoms with Crippen LogP contribution in [0.4, 0.5) is 0 Å². The van der Waals surface area contributed by atoms with Crippen LogP contribution in [0.15, 0.2) is 42.7 Å². The minimum Gasteiger partial charge on any atom is -0.371 e. The molecule has 0 aromatic carbocycles. The Morgan fingerprint density at radius 2 is 2.00 bits per heavy atom. The Labute approximate surface area is 149 Å². The number of ether oxygens (including phenoxy) is 1. The number of fused-ring (bicyclic) bond motifs is 1. The Kier molecular flexibility index (Phi) is 5.06. The molecule has 5 heteroatoms. The second kappa shape index (κ2) is 7.60. The van der Waals surface area contributed by atoms with Crippen LogP contribution in [-0.2, 0) is 17.9 Å². The van der Waals surface area contributed by atoms with Gasteiger partial charge in [-0.2, -0.15) is 0 Å². The van der Waals surface area contributed by atoms with E-state index in [1.807, 2.05) is 31.5 Å². The summed E-state index contributed by atoms with van der Waals surface area (Å²) in [6.07, 6.45) is 5.21. The summed E-state index contributed by atoms with van der Waals surface area (Å²) in [5.41, 5.74) is 3.43. The van der Waals surface area contributed by atoms with Gasteiger partial charge in [-0.15, -0.1) is 0 Å². The Balaban J connectivity index is 1.28. The van der Waals surface area contributed by atoms with E-state index in [1.165, 1.54) is 5.56 Å². The first-order valence-electron chi connectivity index (χ1n) is 9.16. The first-order chi connectivity index (χ1) is 12.3. The molecule has 2 atom stereocenters. The molecule has 4 rings (SSSR count). The van der Waals surface area contributed by atoms with Crippen molar-refractivity contribution in [2.24, 2.45) is 0 Å². The third kappa shape index (κ3) is 4.24. The number of pyridine rings is 2. The average molecular weight is 338 g/mol. The molecule has 2 fully saturated rings. The van der Waals surface area contributed by atoms with E-state index in [2.05, 4.69) is 38.0 Å². The maximum Gasteiger partial charge on any atom is 0.0892 e. The van der Waals surface area contributed by atoms with E-state index in [0.29, 0.717) is 18.8 Å². The maximum absolute atomic E-state index is 6.16. The lowest BCUT2D eigenvalue weighted by atomic mass is 10.1. The first kappa shape index (κ1) is 16.6. The molecule has 0 amide bonds. The van der Waals surface area contributed by atoms with Crippen molar-refractivity contribution in [3.05, 3.63) is 59.7 Å². The van der Waals surface area contributed by atoms with Crippen LogP contribution in [0.5, 0.6) is 0 Å².